The Morgan fingerprint density at radius 1 is 1.18 bits per heavy atom. The molecule has 3 aromatic rings. The van der Waals surface area contributed by atoms with Crippen LogP contribution in [0, 0.1) is 5.41 Å². The van der Waals surface area contributed by atoms with Crippen LogP contribution in [0.4, 0.5) is 5.69 Å². The molecule has 5 N–H and O–H groups in total. The number of hydrogen-bond donors (Lipinski definition) is 4. The Balaban J connectivity index is 2.02. The number of benzene rings is 2. The van der Waals surface area contributed by atoms with Crippen LogP contribution in [0.15, 0.2) is 60.9 Å². The number of rotatable bonds is 11. The lowest BCUT2D eigenvalue weighted by Gasteiger charge is -2.23. The standard InChI is InChI=1S/C26H30N4O3/c1-3-6-20-13-17(4-2)14-22(24(20)33-16-18-7-5-12-29-15-18)23(26(31)32)30-21-10-8-19(9-11-21)25(27)28/h5,7-15,23,30H,3-4,6,16H2,1-2H3,(H3,27,28)(H,31,32). The van der Waals surface area contributed by atoms with E-state index < -0.39 is 12.0 Å². The van der Waals surface area contributed by atoms with Gasteiger partial charge < -0.3 is 20.9 Å². The van der Waals surface area contributed by atoms with E-state index in [4.69, 9.17) is 15.9 Å². The number of carbonyl (C=O) groups is 1. The molecule has 0 bridgehead atoms. The average molecular weight is 447 g/mol. The molecule has 0 spiro atoms. The summed E-state index contributed by atoms with van der Waals surface area (Å²) < 4.78 is 6.24. The van der Waals surface area contributed by atoms with E-state index in [9.17, 15) is 9.90 Å². The number of nitrogens with two attached hydrogens (primary N) is 1. The van der Waals surface area contributed by atoms with Crippen LogP contribution in [0.1, 0.15) is 54.1 Å². The van der Waals surface area contributed by atoms with Crippen LogP contribution < -0.4 is 15.8 Å². The van der Waals surface area contributed by atoms with Crippen molar-refractivity contribution in [1.82, 2.24) is 4.98 Å². The molecule has 1 atom stereocenters. The highest BCUT2D eigenvalue weighted by Crippen LogP contribution is 2.35. The molecule has 1 unspecified atom stereocenters. The Labute approximate surface area is 194 Å². The lowest BCUT2D eigenvalue weighted by Crippen LogP contribution is -2.22. The SMILES string of the molecule is CCCc1cc(CC)cc(C(Nc2ccc(C(=N)N)cc2)C(=O)O)c1OCc1cccnc1. The normalized spacial score (nSPS) is 11.6. The summed E-state index contributed by atoms with van der Waals surface area (Å²) in [6, 6.07) is 13.6. The number of ether oxygens (including phenoxy) is 1. The molecule has 3 rings (SSSR count). The summed E-state index contributed by atoms with van der Waals surface area (Å²) in [5.74, 6) is -0.451. The number of nitrogen functional groups attached to an aromatic ring is 1. The third-order valence-electron chi connectivity index (χ3n) is 5.35. The highest BCUT2D eigenvalue weighted by atomic mass is 16.5. The second-order valence-electron chi connectivity index (χ2n) is 7.83. The zero-order valence-corrected chi connectivity index (χ0v) is 19.0. The highest BCUT2D eigenvalue weighted by molar-refractivity contribution is 5.95. The molecule has 0 radical (unpaired) electrons. The molecular weight excluding hydrogens is 416 g/mol. The molecule has 0 amide bonds. The largest absolute Gasteiger partial charge is 0.488 e. The summed E-state index contributed by atoms with van der Waals surface area (Å²) in [4.78, 5) is 16.5. The topological polar surface area (TPSA) is 121 Å². The predicted octanol–water partition coefficient (Wildman–Crippen LogP) is 4.70. The van der Waals surface area contributed by atoms with Gasteiger partial charge in [0.2, 0.25) is 0 Å². The van der Waals surface area contributed by atoms with Crippen molar-refractivity contribution in [3.63, 3.8) is 0 Å². The molecule has 1 heterocycles. The summed E-state index contributed by atoms with van der Waals surface area (Å²) in [5, 5.41) is 20.8. The highest BCUT2D eigenvalue weighted by Gasteiger charge is 2.26. The van der Waals surface area contributed by atoms with E-state index >= 15 is 0 Å². The van der Waals surface area contributed by atoms with Crippen molar-refractivity contribution in [2.75, 3.05) is 5.32 Å². The first-order valence-corrected chi connectivity index (χ1v) is 11.0. The van der Waals surface area contributed by atoms with E-state index in [1.807, 2.05) is 18.2 Å². The minimum Gasteiger partial charge on any atom is -0.488 e. The lowest BCUT2D eigenvalue weighted by molar-refractivity contribution is -0.138. The number of anilines is 1. The van der Waals surface area contributed by atoms with E-state index in [1.54, 1.807) is 36.7 Å². The van der Waals surface area contributed by atoms with Gasteiger partial charge in [-0.25, -0.2) is 4.79 Å². The number of pyridine rings is 1. The second kappa shape index (κ2) is 11.1. The fraction of sp³-hybridized carbons (Fsp3) is 0.269. The molecule has 33 heavy (non-hydrogen) atoms. The van der Waals surface area contributed by atoms with Gasteiger partial charge in [-0.3, -0.25) is 10.4 Å². The second-order valence-corrected chi connectivity index (χ2v) is 7.83. The molecule has 0 aliphatic rings. The van der Waals surface area contributed by atoms with Crippen molar-refractivity contribution in [3.8, 4) is 5.75 Å². The van der Waals surface area contributed by atoms with Gasteiger partial charge in [-0.1, -0.05) is 32.4 Å². The van der Waals surface area contributed by atoms with Crippen LogP contribution in [-0.2, 0) is 24.2 Å². The number of aromatic nitrogens is 1. The zero-order valence-electron chi connectivity index (χ0n) is 19.0. The van der Waals surface area contributed by atoms with E-state index in [1.165, 1.54) is 0 Å². The summed E-state index contributed by atoms with van der Waals surface area (Å²) in [6.45, 7) is 4.43. The summed E-state index contributed by atoms with van der Waals surface area (Å²) in [5.41, 5.74) is 10.3. The van der Waals surface area contributed by atoms with Crippen molar-refractivity contribution >= 4 is 17.5 Å². The smallest absolute Gasteiger partial charge is 0.330 e. The van der Waals surface area contributed by atoms with Gasteiger partial charge in [0.1, 0.15) is 18.2 Å². The number of carboxylic acid groups (broad SMARTS) is 1. The monoisotopic (exact) mass is 446 g/mol. The van der Waals surface area contributed by atoms with Crippen LogP contribution in [-0.4, -0.2) is 21.9 Å². The summed E-state index contributed by atoms with van der Waals surface area (Å²) in [6.07, 6.45) is 5.92. The van der Waals surface area contributed by atoms with Crippen molar-refractivity contribution < 1.29 is 14.6 Å². The Bertz CT molecular complexity index is 1100. The number of aliphatic carboxylic acids is 1. The number of amidine groups is 1. The van der Waals surface area contributed by atoms with Crippen molar-refractivity contribution in [2.45, 2.75) is 45.8 Å². The average Bonchev–Trinajstić information content (AvgIpc) is 2.82. The Kier molecular flexibility index (Phi) is 8.02. The third kappa shape index (κ3) is 6.10. The van der Waals surface area contributed by atoms with Gasteiger partial charge in [0.15, 0.2) is 6.04 Å². The third-order valence-corrected chi connectivity index (χ3v) is 5.35. The molecule has 0 saturated carbocycles. The first kappa shape index (κ1) is 23.8. The van der Waals surface area contributed by atoms with Gasteiger partial charge in [-0.05, 0) is 60.4 Å². The molecule has 0 aliphatic carbocycles. The Morgan fingerprint density at radius 2 is 1.94 bits per heavy atom. The van der Waals surface area contributed by atoms with E-state index in [0.29, 0.717) is 29.2 Å². The first-order chi connectivity index (χ1) is 15.9. The van der Waals surface area contributed by atoms with Crippen LogP contribution in [0.5, 0.6) is 5.75 Å². The Morgan fingerprint density at radius 3 is 2.52 bits per heavy atom. The molecule has 0 fully saturated rings. The minimum absolute atomic E-state index is 0.0396. The van der Waals surface area contributed by atoms with Crippen molar-refractivity contribution in [1.29, 1.82) is 5.41 Å². The lowest BCUT2D eigenvalue weighted by atomic mass is 9.95. The summed E-state index contributed by atoms with van der Waals surface area (Å²) >= 11 is 0. The van der Waals surface area contributed by atoms with Gasteiger partial charge in [0.25, 0.3) is 0 Å². The minimum atomic E-state index is -1.01. The van der Waals surface area contributed by atoms with Gasteiger partial charge in [-0.15, -0.1) is 0 Å². The molecule has 7 nitrogen and oxygen atoms in total. The van der Waals surface area contributed by atoms with E-state index in [-0.39, 0.29) is 5.84 Å². The van der Waals surface area contributed by atoms with Crippen molar-refractivity contribution in [3.05, 3.63) is 88.7 Å². The zero-order chi connectivity index (χ0) is 23.8. The molecule has 2 aromatic carbocycles. The number of carboxylic acids is 1. The summed E-state index contributed by atoms with van der Waals surface area (Å²) in [7, 11) is 0. The molecule has 1 aromatic heterocycles. The number of nitrogens with one attached hydrogen (secondary N) is 2. The molecule has 172 valence electrons. The van der Waals surface area contributed by atoms with Crippen molar-refractivity contribution in [2.24, 2.45) is 5.73 Å². The first-order valence-electron chi connectivity index (χ1n) is 11.0. The molecular formula is C26H30N4O3. The van der Waals surface area contributed by atoms with Crippen LogP contribution in [0.25, 0.3) is 0 Å². The van der Waals surface area contributed by atoms with Crippen LogP contribution in [0.2, 0.25) is 0 Å². The molecule has 0 aliphatic heterocycles. The van der Waals surface area contributed by atoms with Gasteiger partial charge >= 0.3 is 5.97 Å². The fourth-order valence-corrected chi connectivity index (χ4v) is 3.66. The maximum Gasteiger partial charge on any atom is 0.330 e. The number of hydrogen-bond acceptors (Lipinski definition) is 5. The molecule has 0 saturated heterocycles. The fourth-order valence-electron chi connectivity index (χ4n) is 3.66. The van der Waals surface area contributed by atoms with Crippen LogP contribution >= 0.6 is 0 Å². The Hall–Kier alpha value is -3.87. The molecule has 7 heteroatoms. The maximum absolute atomic E-state index is 12.4. The van der Waals surface area contributed by atoms with E-state index in [0.717, 1.165) is 36.0 Å². The van der Waals surface area contributed by atoms with Gasteiger partial charge in [-0.2, -0.15) is 0 Å². The van der Waals surface area contributed by atoms with Gasteiger partial charge in [0.05, 0.1) is 0 Å². The maximum atomic E-state index is 12.4. The van der Waals surface area contributed by atoms with Gasteiger partial charge in [0, 0.05) is 34.8 Å². The quantitative estimate of drug-likeness (QED) is 0.250. The van der Waals surface area contributed by atoms with E-state index in [2.05, 4.69) is 30.2 Å². The number of nitrogens with zero attached hydrogens (tertiary/aromatic N) is 1. The number of aryl methyl sites for hydroxylation is 2. The predicted molar refractivity (Wildman–Crippen MR) is 130 cm³/mol. The van der Waals surface area contributed by atoms with Crippen LogP contribution in [0.3, 0.4) is 0 Å².